The van der Waals surface area contributed by atoms with E-state index in [2.05, 4.69) is 10.3 Å². The molecule has 0 fully saturated rings. The number of nitrogens with one attached hydrogen (secondary N) is 1. The number of hydrogen-bond donors (Lipinski definition) is 2. The fraction of sp³-hybridized carbons (Fsp3) is 0.250. The molecule has 3 N–H and O–H groups in total. The van der Waals surface area contributed by atoms with Crippen molar-refractivity contribution < 1.29 is 0 Å². The number of rotatable bonds is 3. The fourth-order valence-corrected chi connectivity index (χ4v) is 3.06. The van der Waals surface area contributed by atoms with Crippen LogP contribution in [0.2, 0.25) is 10.0 Å². The van der Waals surface area contributed by atoms with Crippen LogP contribution in [0.25, 0.3) is 11.3 Å². The molecule has 1 aromatic carbocycles. The van der Waals surface area contributed by atoms with Crippen LogP contribution in [0.15, 0.2) is 18.2 Å². The normalized spacial score (nSPS) is 12.5. The van der Waals surface area contributed by atoms with E-state index < -0.39 is 0 Å². The second-order valence-corrected chi connectivity index (χ2v) is 5.83. The summed E-state index contributed by atoms with van der Waals surface area (Å²) in [6.07, 6.45) is 0. The van der Waals surface area contributed by atoms with Gasteiger partial charge >= 0.3 is 0 Å². The number of aromatic nitrogens is 1. The maximum atomic E-state index is 6.02. The zero-order valence-electron chi connectivity index (χ0n) is 10.00. The number of anilines is 1. The molecule has 1 heterocycles. The van der Waals surface area contributed by atoms with Gasteiger partial charge in [0.15, 0.2) is 5.13 Å². The van der Waals surface area contributed by atoms with E-state index in [4.69, 9.17) is 28.9 Å². The summed E-state index contributed by atoms with van der Waals surface area (Å²) in [5.41, 5.74) is 7.70. The van der Waals surface area contributed by atoms with Crippen molar-refractivity contribution in [3.63, 3.8) is 0 Å². The monoisotopic (exact) mass is 301 g/mol. The molecular weight excluding hydrogens is 289 g/mol. The lowest BCUT2D eigenvalue weighted by Gasteiger charge is -2.06. The second kappa shape index (κ2) is 5.45. The number of benzene rings is 1. The van der Waals surface area contributed by atoms with E-state index >= 15 is 0 Å². The first-order valence-electron chi connectivity index (χ1n) is 5.41. The second-order valence-electron chi connectivity index (χ2n) is 3.93. The Hall–Kier alpha value is -0.810. The van der Waals surface area contributed by atoms with Gasteiger partial charge in [0.1, 0.15) is 0 Å². The van der Waals surface area contributed by atoms with Gasteiger partial charge in [0.05, 0.1) is 10.6 Å². The van der Waals surface area contributed by atoms with Gasteiger partial charge in [-0.3, -0.25) is 0 Å². The van der Waals surface area contributed by atoms with Gasteiger partial charge in [-0.25, -0.2) is 4.98 Å². The Morgan fingerprint density at radius 2 is 1.89 bits per heavy atom. The summed E-state index contributed by atoms with van der Waals surface area (Å²) in [6.45, 7) is 1.93. The Balaban J connectivity index is 2.58. The summed E-state index contributed by atoms with van der Waals surface area (Å²) >= 11 is 13.6. The third-order valence-electron chi connectivity index (χ3n) is 2.42. The number of halogens is 2. The van der Waals surface area contributed by atoms with Crippen LogP contribution in [-0.2, 0) is 0 Å². The van der Waals surface area contributed by atoms with Crippen LogP contribution in [0.3, 0.4) is 0 Å². The minimum atomic E-state index is -0.0858. The zero-order chi connectivity index (χ0) is 13.3. The molecular formula is C12H13Cl2N3S. The molecule has 0 radical (unpaired) electrons. The minimum Gasteiger partial charge on any atom is -0.365 e. The lowest BCUT2D eigenvalue weighted by Crippen LogP contribution is -2.04. The average Bonchev–Trinajstić information content (AvgIpc) is 2.71. The molecule has 18 heavy (non-hydrogen) atoms. The molecule has 1 aromatic heterocycles. The number of thiazole rings is 1. The van der Waals surface area contributed by atoms with Crippen molar-refractivity contribution in [2.45, 2.75) is 13.0 Å². The molecule has 96 valence electrons. The molecule has 2 rings (SSSR count). The van der Waals surface area contributed by atoms with Gasteiger partial charge in [-0.1, -0.05) is 34.5 Å². The van der Waals surface area contributed by atoms with Crippen LogP contribution in [0.5, 0.6) is 0 Å². The van der Waals surface area contributed by atoms with Crippen LogP contribution in [0, 0.1) is 0 Å². The molecule has 0 bridgehead atoms. The fourth-order valence-electron chi connectivity index (χ4n) is 1.64. The molecule has 1 unspecified atom stereocenters. The van der Waals surface area contributed by atoms with Crippen LogP contribution < -0.4 is 11.1 Å². The minimum absolute atomic E-state index is 0.0858. The van der Waals surface area contributed by atoms with Crippen molar-refractivity contribution in [2.75, 3.05) is 12.4 Å². The van der Waals surface area contributed by atoms with Gasteiger partial charge in [-0.05, 0) is 25.1 Å². The smallest absolute Gasteiger partial charge is 0.183 e. The summed E-state index contributed by atoms with van der Waals surface area (Å²) < 4.78 is 0. The van der Waals surface area contributed by atoms with Crippen molar-refractivity contribution >= 4 is 39.7 Å². The molecule has 0 saturated carbocycles. The molecule has 2 aromatic rings. The van der Waals surface area contributed by atoms with Crippen molar-refractivity contribution in [1.29, 1.82) is 0 Å². The zero-order valence-corrected chi connectivity index (χ0v) is 12.3. The Bertz CT molecular complexity index is 546. The first-order valence-corrected chi connectivity index (χ1v) is 6.99. The summed E-state index contributed by atoms with van der Waals surface area (Å²) in [7, 11) is 1.83. The summed E-state index contributed by atoms with van der Waals surface area (Å²) in [5, 5.41) is 5.03. The molecule has 0 aliphatic carbocycles. The summed E-state index contributed by atoms with van der Waals surface area (Å²) in [6, 6.07) is 5.29. The highest BCUT2D eigenvalue weighted by Gasteiger charge is 2.16. The number of nitrogens with two attached hydrogens (primary N) is 1. The number of hydrogen-bond acceptors (Lipinski definition) is 4. The predicted molar refractivity (Wildman–Crippen MR) is 79.7 cm³/mol. The van der Waals surface area contributed by atoms with Crippen molar-refractivity contribution in [1.82, 2.24) is 4.98 Å². The van der Waals surface area contributed by atoms with Gasteiger partial charge in [0.2, 0.25) is 0 Å². The molecule has 6 heteroatoms. The Kier molecular flexibility index (Phi) is 4.12. The van der Waals surface area contributed by atoms with E-state index in [1.165, 1.54) is 0 Å². The first kappa shape index (κ1) is 13.6. The predicted octanol–water partition coefficient (Wildman–Crippen LogP) is 4.18. The molecule has 3 nitrogen and oxygen atoms in total. The maximum absolute atomic E-state index is 6.02. The topological polar surface area (TPSA) is 50.9 Å². The first-order chi connectivity index (χ1) is 8.51. The van der Waals surface area contributed by atoms with Crippen LogP contribution in [-0.4, -0.2) is 12.0 Å². The third-order valence-corrected chi connectivity index (χ3v) is 4.13. The average molecular weight is 302 g/mol. The maximum Gasteiger partial charge on any atom is 0.183 e. The lowest BCUT2D eigenvalue weighted by molar-refractivity contribution is 0.837. The lowest BCUT2D eigenvalue weighted by atomic mass is 10.1. The largest absolute Gasteiger partial charge is 0.365 e. The van der Waals surface area contributed by atoms with E-state index in [-0.39, 0.29) is 6.04 Å². The van der Waals surface area contributed by atoms with E-state index in [9.17, 15) is 0 Å². The molecule has 0 aliphatic rings. The summed E-state index contributed by atoms with van der Waals surface area (Å²) in [5.74, 6) is 0. The van der Waals surface area contributed by atoms with Crippen molar-refractivity contribution in [3.8, 4) is 11.3 Å². The highest BCUT2D eigenvalue weighted by Crippen LogP contribution is 2.36. The van der Waals surface area contributed by atoms with Gasteiger partial charge in [0.25, 0.3) is 0 Å². The standard InChI is InChI=1S/C12H13Cl2N3S/c1-6(15)11-10(17-12(16-2)18-11)7-3-8(13)5-9(14)4-7/h3-6H,15H2,1-2H3,(H,16,17). The van der Waals surface area contributed by atoms with Crippen LogP contribution >= 0.6 is 34.5 Å². The Morgan fingerprint density at radius 3 is 2.39 bits per heavy atom. The Labute approximate surface area is 120 Å². The molecule has 0 amide bonds. The van der Waals surface area contributed by atoms with Crippen molar-refractivity contribution in [2.24, 2.45) is 5.73 Å². The highest BCUT2D eigenvalue weighted by molar-refractivity contribution is 7.16. The molecule has 0 saturated heterocycles. The quantitative estimate of drug-likeness (QED) is 0.894. The third kappa shape index (κ3) is 2.78. The van der Waals surface area contributed by atoms with Gasteiger partial charge < -0.3 is 11.1 Å². The van der Waals surface area contributed by atoms with Gasteiger partial charge in [0, 0.05) is 28.7 Å². The van der Waals surface area contributed by atoms with Gasteiger partial charge in [-0.15, -0.1) is 0 Å². The highest BCUT2D eigenvalue weighted by atomic mass is 35.5. The van der Waals surface area contributed by atoms with Crippen LogP contribution in [0.1, 0.15) is 17.8 Å². The molecule has 0 aliphatic heterocycles. The van der Waals surface area contributed by atoms with E-state index in [0.29, 0.717) is 10.0 Å². The number of nitrogens with zero attached hydrogens (tertiary/aromatic N) is 1. The SMILES string of the molecule is CNc1nc(-c2cc(Cl)cc(Cl)c2)c(C(C)N)s1. The summed E-state index contributed by atoms with van der Waals surface area (Å²) in [4.78, 5) is 5.52. The Morgan fingerprint density at radius 1 is 1.28 bits per heavy atom. The van der Waals surface area contributed by atoms with Gasteiger partial charge in [-0.2, -0.15) is 0 Å². The molecule has 0 spiro atoms. The van der Waals surface area contributed by atoms with Crippen LogP contribution in [0.4, 0.5) is 5.13 Å². The van der Waals surface area contributed by atoms with E-state index in [1.54, 1.807) is 17.4 Å². The molecule has 1 atom stereocenters. The van der Waals surface area contributed by atoms with E-state index in [0.717, 1.165) is 21.3 Å². The van der Waals surface area contributed by atoms with Crippen molar-refractivity contribution in [3.05, 3.63) is 33.1 Å². The van der Waals surface area contributed by atoms with E-state index in [1.807, 2.05) is 26.1 Å².